The summed E-state index contributed by atoms with van der Waals surface area (Å²) in [6.07, 6.45) is 0.870. The van der Waals surface area contributed by atoms with E-state index in [9.17, 15) is 0 Å². The lowest BCUT2D eigenvalue weighted by Gasteiger charge is -2.30. The molecule has 3 nitrogen and oxygen atoms in total. The van der Waals surface area contributed by atoms with Gasteiger partial charge in [-0.15, -0.1) is 11.3 Å². The highest BCUT2D eigenvalue weighted by Crippen LogP contribution is 2.45. The van der Waals surface area contributed by atoms with E-state index < -0.39 is 0 Å². The van der Waals surface area contributed by atoms with Crippen LogP contribution in [0.1, 0.15) is 36.1 Å². The third-order valence-electron chi connectivity index (χ3n) is 11.7. The molecule has 11 rings (SSSR count). The van der Waals surface area contributed by atoms with Crippen LogP contribution in [-0.2, 0) is 0 Å². The molecule has 4 heteroatoms. The summed E-state index contributed by atoms with van der Waals surface area (Å²) in [6, 6.07) is 67.0. The first-order chi connectivity index (χ1) is 28.7. The third-order valence-corrected chi connectivity index (χ3v) is 12.9. The van der Waals surface area contributed by atoms with Crippen molar-refractivity contribution in [2.24, 2.45) is 15.9 Å². The molecule has 0 amide bonds. The van der Waals surface area contributed by atoms with Crippen molar-refractivity contribution >= 4 is 65.0 Å². The van der Waals surface area contributed by atoms with E-state index in [1.54, 1.807) is 0 Å². The summed E-state index contributed by atoms with van der Waals surface area (Å²) < 4.78 is 9.19. The van der Waals surface area contributed by atoms with Gasteiger partial charge >= 0.3 is 0 Å². The standard InChI is InChI=1S/C54H38N2OS/c1-2-41-52(43-21-12-23-47-50(43)45-33-40(30-31-46(45)57-47)39-19-11-18-38(32-39)35-16-7-4-8-17-35)55-54(37-28-26-36(27-29-37)34-14-5-3-6-15-34)56-53(41)44-22-13-25-49-51(44)42-20-9-10-24-48(42)58-49/h3-33,41,52H,2H2,1H3. The van der Waals surface area contributed by atoms with Crippen molar-refractivity contribution in [3.8, 4) is 33.4 Å². The molecular formula is C54H38N2OS. The van der Waals surface area contributed by atoms with Gasteiger partial charge in [0.2, 0.25) is 0 Å². The second-order valence-electron chi connectivity index (χ2n) is 15.1. The molecule has 0 aliphatic carbocycles. The van der Waals surface area contributed by atoms with Gasteiger partial charge in [0.25, 0.3) is 0 Å². The van der Waals surface area contributed by atoms with Crippen molar-refractivity contribution in [2.45, 2.75) is 19.4 Å². The zero-order valence-electron chi connectivity index (χ0n) is 32.0. The molecule has 10 aromatic rings. The van der Waals surface area contributed by atoms with E-state index in [0.717, 1.165) is 56.6 Å². The fourth-order valence-corrected chi connectivity index (χ4v) is 10.1. The van der Waals surface area contributed by atoms with Gasteiger partial charge in [0.1, 0.15) is 11.2 Å². The summed E-state index contributed by atoms with van der Waals surface area (Å²) in [6.45, 7) is 2.28. The Bertz CT molecular complexity index is 3210. The predicted molar refractivity (Wildman–Crippen MR) is 245 cm³/mol. The lowest BCUT2D eigenvalue weighted by atomic mass is 9.81. The molecule has 0 fully saturated rings. The summed E-state index contributed by atoms with van der Waals surface area (Å²) in [7, 11) is 0. The van der Waals surface area contributed by atoms with E-state index in [-0.39, 0.29) is 12.0 Å². The Labute approximate surface area is 341 Å². The monoisotopic (exact) mass is 762 g/mol. The fourth-order valence-electron chi connectivity index (χ4n) is 8.92. The molecule has 2 atom stereocenters. The lowest BCUT2D eigenvalue weighted by molar-refractivity contribution is 0.535. The number of benzene rings is 8. The number of hydrogen-bond acceptors (Lipinski definition) is 4. The summed E-state index contributed by atoms with van der Waals surface area (Å²) in [5.74, 6) is 0.780. The largest absolute Gasteiger partial charge is 0.456 e. The van der Waals surface area contributed by atoms with E-state index in [4.69, 9.17) is 14.4 Å². The molecular weight excluding hydrogens is 725 g/mol. The quantitative estimate of drug-likeness (QED) is 0.159. The Morgan fingerprint density at radius 2 is 1.09 bits per heavy atom. The molecule has 0 N–H and O–H groups in total. The normalized spacial score (nSPS) is 15.6. The van der Waals surface area contributed by atoms with Crippen LogP contribution >= 0.6 is 11.3 Å². The number of fused-ring (bicyclic) bond motifs is 6. The van der Waals surface area contributed by atoms with Gasteiger partial charge in [-0.25, -0.2) is 4.99 Å². The summed E-state index contributed by atoms with van der Waals surface area (Å²) in [5.41, 5.74) is 13.3. The number of furan rings is 1. The minimum absolute atomic E-state index is 0.0258. The Morgan fingerprint density at radius 3 is 1.88 bits per heavy atom. The van der Waals surface area contributed by atoms with Gasteiger partial charge in [-0.3, -0.25) is 4.99 Å². The zero-order valence-corrected chi connectivity index (χ0v) is 32.8. The average Bonchev–Trinajstić information content (AvgIpc) is 3.88. The number of rotatable bonds is 7. The van der Waals surface area contributed by atoms with Crippen molar-refractivity contribution in [1.82, 2.24) is 0 Å². The van der Waals surface area contributed by atoms with Gasteiger partial charge in [0.15, 0.2) is 5.84 Å². The molecule has 1 aliphatic heterocycles. The van der Waals surface area contributed by atoms with Crippen LogP contribution in [0.3, 0.4) is 0 Å². The van der Waals surface area contributed by atoms with Crippen molar-refractivity contribution in [3.05, 3.63) is 205 Å². The van der Waals surface area contributed by atoms with Gasteiger partial charge in [0, 0.05) is 48.0 Å². The molecule has 58 heavy (non-hydrogen) atoms. The first-order valence-corrected chi connectivity index (χ1v) is 20.9. The Balaban J connectivity index is 1.10. The van der Waals surface area contributed by atoms with Crippen LogP contribution < -0.4 is 0 Å². The molecule has 0 saturated heterocycles. The van der Waals surface area contributed by atoms with Crippen LogP contribution in [0, 0.1) is 5.92 Å². The van der Waals surface area contributed by atoms with Crippen LogP contribution in [0.25, 0.3) is 75.5 Å². The highest BCUT2D eigenvalue weighted by Gasteiger charge is 2.34. The van der Waals surface area contributed by atoms with Crippen molar-refractivity contribution in [1.29, 1.82) is 0 Å². The molecule has 0 radical (unpaired) electrons. The highest BCUT2D eigenvalue weighted by atomic mass is 32.1. The van der Waals surface area contributed by atoms with Crippen LogP contribution in [-0.4, -0.2) is 11.5 Å². The number of hydrogen-bond donors (Lipinski definition) is 0. The highest BCUT2D eigenvalue weighted by molar-refractivity contribution is 7.25. The van der Waals surface area contributed by atoms with Crippen molar-refractivity contribution in [2.75, 3.05) is 0 Å². The molecule has 3 heterocycles. The summed E-state index contributed by atoms with van der Waals surface area (Å²) >= 11 is 1.85. The third kappa shape index (κ3) is 5.88. The SMILES string of the molecule is CCC1C(c2cccc3sc4ccccc4c23)=NC(c2ccc(-c3ccccc3)cc2)=NC1c1cccc2oc3ccc(-c4cccc(-c5ccccc5)c4)cc3c12. The first kappa shape index (κ1) is 34.4. The maximum atomic E-state index is 6.63. The molecule has 276 valence electrons. The second-order valence-corrected chi connectivity index (χ2v) is 16.2. The van der Waals surface area contributed by atoms with Crippen LogP contribution in [0.2, 0.25) is 0 Å². The van der Waals surface area contributed by atoms with Gasteiger partial charge in [-0.05, 0) is 81.8 Å². The van der Waals surface area contributed by atoms with Gasteiger partial charge in [0.05, 0.1) is 11.8 Å². The minimum Gasteiger partial charge on any atom is -0.456 e. The second kappa shape index (κ2) is 14.3. The van der Waals surface area contributed by atoms with Crippen molar-refractivity contribution in [3.63, 3.8) is 0 Å². The van der Waals surface area contributed by atoms with Gasteiger partial charge in [-0.1, -0.05) is 159 Å². The van der Waals surface area contributed by atoms with E-state index >= 15 is 0 Å². The molecule has 0 bridgehead atoms. The topological polar surface area (TPSA) is 37.9 Å². The van der Waals surface area contributed by atoms with Gasteiger partial charge in [-0.2, -0.15) is 0 Å². The van der Waals surface area contributed by atoms with Crippen molar-refractivity contribution < 1.29 is 4.42 Å². The minimum atomic E-state index is -0.198. The van der Waals surface area contributed by atoms with Crippen LogP contribution in [0.15, 0.2) is 202 Å². The molecule has 2 aromatic heterocycles. The predicted octanol–water partition coefficient (Wildman–Crippen LogP) is 15.0. The smallest absolute Gasteiger partial charge is 0.155 e. The van der Waals surface area contributed by atoms with E-state index in [0.29, 0.717) is 0 Å². The lowest BCUT2D eigenvalue weighted by Crippen LogP contribution is -2.28. The maximum Gasteiger partial charge on any atom is 0.155 e. The van der Waals surface area contributed by atoms with Crippen LogP contribution in [0.5, 0.6) is 0 Å². The number of nitrogens with zero attached hydrogens (tertiary/aromatic N) is 2. The maximum absolute atomic E-state index is 6.63. The number of amidine groups is 1. The van der Waals surface area contributed by atoms with E-state index in [2.05, 4.69) is 195 Å². The summed E-state index contributed by atoms with van der Waals surface area (Å²) in [4.78, 5) is 11.2. The fraction of sp³-hybridized carbons (Fsp3) is 0.0741. The molecule has 8 aromatic carbocycles. The molecule has 2 unspecified atom stereocenters. The van der Waals surface area contributed by atoms with Crippen LogP contribution in [0.4, 0.5) is 0 Å². The Kier molecular flexibility index (Phi) is 8.45. The number of thiophene rings is 1. The molecule has 1 aliphatic rings. The Morgan fingerprint density at radius 1 is 0.483 bits per heavy atom. The van der Waals surface area contributed by atoms with Gasteiger partial charge < -0.3 is 4.42 Å². The molecule has 0 saturated carbocycles. The van der Waals surface area contributed by atoms with E-state index in [1.807, 2.05) is 11.3 Å². The Hall–Kier alpha value is -6.88. The molecule has 0 spiro atoms. The first-order valence-electron chi connectivity index (χ1n) is 20.0. The zero-order chi connectivity index (χ0) is 38.6. The number of aliphatic imine (C=N–C) groups is 2. The summed E-state index contributed by atoms with van der Waals surface area (Å²) in [5, 5.41) is 4.76. The average molecular weight is 763 g/mol. The van der Waals surface area contributed by atoms with E-state index in [1.165, 1.54) is 53.6 Å².